The predicted octanol–water partition coefficient (Wildman–Crippen LogP) is 4.41. The summed E-state index contributed by atoms with van der Waals surface area (Å²) in [6.45, 7) is 11.5. The van der Waals surface area contributed by atoms with Crippen molar-refractivity contribution in [2.45, 2.75) is 103 Å². The highest BCUT2D eigenvalue weighted by Crippen LogP contribution is 2.26. The number of hydrogen-bond donors (Lipinski definition) is 4. The van der Waals surface area contributed by atoms with Crippen molar-refractivity contribution in [3.8, 4) is 5.75 Å². The molecule has 45 heavy (non-hydrogen) atoms. The molecule has 0 aromatic heterocycles. The van der Waals surface area contributed by atoms with Crippen LogP contribution in [0, 0.1) is 0 Å². The molecule has 0 fully saturated rings. The molecule has 0 aliphatic heterocycles. The summed E-state index contributed by atoms with van der Waals surface area (Å²) in [4.78, 5) is 55.5. The lowest BCUT2D eigenvalue weighted by atomic mass is 10.00. The van der Waals surface area contributed by atoms with Gasteiger partial charge in [-0.05, 0) is 71.2 Å². The van der Waals surface area contributed by atoms with Gasteiger partial charge in [-0.15, -0.1) is 0 Å². The lowest BCUT2D eigenvalue weighted by Gasteiger charge is -2.35. The minimum atomic E-state index is -1.42. The third-order valence-corrected chi connectivity index (χ3v) is 6.52. The number of phenolic OH excluding ortho intramolecular Hbond substituents is 1. The van der Waals surface area contributed by atoms with Crippen LogP contribution >= 0.6 is 0 Å². The number of nitrogens with zero attached hydrogens (tertiary/aromatic N) is 1. The Morgan fingerprint density at radius 1 is 0.822 bits per heavy atom. The zero-order chi connectivity index (χ0) is 33.8. The summed E-state index contributed by atoms with van der Waals surface area (Å²) in [5, 5.41) is 25.4. The van der Waals surface area contributed by atoms with Gasteiger partial charge in [-0.25, -0.2) is 9.59 Å². The smallest absolute Gasteiger partial charge is 0.408 e. The third-order valence-electron chi connectivity index (χ3n) is 6.52. The Balaban J connectivity index is 2.55. The largest absolute Gasteiger partial charge is 0.508 e. The number of aliphatic hydroxyl groups is 1. The maximum Gasteiger partial charge on any atom is 0.408 e. The molecule has 0 bridgehead atoms. The van der Waals surface area contributed by atoms with Crippen molar-refractivity contribution in [2.24, 2.45) is 0 Å². The van der Waals surface area contributed by atoms with Crippen molar-refractivity contribution in [2.75, 3.05) is 13.2 Å². The number of benzene rings is 2. The minimum Gasteiger partial charge on any atom is -0.508 e. The van der Waals surface area contributed by atoms with Gasteiger partial charge in [0.05, 0.1) is 6.61 Å². The molecule has 0 spiro atoms. The predicted molar refractivity (Wildman–Crippen MR) is 170 cm³/mol. The van der Waals surface area contributed by atoms with E-state index in [4.69, 9.17) is 9.47 Å². The van der Waals surface area contributed by atoms with Crippen molar-refractivity contribution in [1.82, 2.24) is 15.5 Å². The number of nitrogens with one attached hydrogen (secondary N) is 2. The number of hydrogen-bond acceptors (Lipinski definition) is 8. The number of ether oxygens (including phenoxy) is 2. The highest BCUT2D eigenvalue weighted by Gasteiger charge is 2.38. The molecular formula is C34H49N3O8. The van der Waals surface area contributed by atoms with Gasteiger partial charge in [0.2, 0.25) is 11.8 Å². The van der Waals surface area contributed by atoms with Crippen LogP contribution in [0.1, 0.15) is 84.9 Å². The van der Waals surface area contributed by atoms with Gasteiger partial charge in [-0.2, -0.15) is 0 Å². The van der Waals surface area contributed by atoms with Crippen LogP contribution in [0.3, 0.4) is 0 Å². The fourth-order valence-corrected chi connectivity index (χ4v) is 4.53. The minimum absolute atomic E-state index is 0.0442. The van der Waals surface area contributed by atoms with E-state index < -0.39 is 59.8 Å². The van der Waals surface area contributed by atoms with Crippen LogP contribution in [0.2, 0.25) is 0 Å². The second-order valence-corrected chi connectivity index (χ2v) is 12.9. The standard InChI is InChI=1S/C34H49N3O8/c1-8-9-13-20-37(30(41)27(22-38)36-32(43)45-34(5,6)7)28(24-16-18-25(39)19-17-24)29(40)35-26(31(42)44-33(2,3)4)21-23-14-11-10-12-15-23/h10-12,14-19,26-28,38-39H,8-9,13,20-22H2,1-7H3,(H,35,40)(H,36,43). The number of esters is 1. The normalized spacial score (nSPS) is 13.6. The molecule has 0 saturated carbocycles. The molecule has 0 saturated heterocycles. The van der Waals surface area contributed by atoms with E-state index in [1.165, 1.54) is 29.2 Å². The molecule has 248 valence electrons. The average molecular weight is 628 g/mol. The molecule has 2 rings (SSSR count). The van der Waals surface area contributed by atoms with E-state index in [-0.39, 0.29) is 18.7 Å². The van der Waals surface area contributed by atoms with Gasteiger partial charge in [0.1, 0.15) is 35.1 Å². The molecule has 3 amide bonds. The Labute approximate surface area is 266 Å². The van der Waals surface area contributed by atoms with E-state index in [9.17, 15) is 29.4 Å². The second-order valence-electron chi connectivity index (χ2n) is 12.9. The van der Waals surface area contributed by atoms with Gasteiger partial charge in [-0.1, -0.05) is 62.2 Å². The average Bonchev–Trinajstić information content (AvgIpc) is 2.94. The highest BCUT2D eigenvalue weighted by atomic mass is 16.6. The topological polar surface area (TPSA) is 154 Å². The SMILES string of the molecule is CCCCCN(C(=O)C(CO)NC(=O)OC(C)(C)C)C(C(=O)NC(Cc1ccccc1)C(=O)OC(C)(C)C)c1ccc(O)cc1. The number of carbonyl (C=O) groups is 4. The number of unbranched alkanes of at least 4 members (excludes halogenated alkanes) is 2. The monoisotopic (exact) mass is 627 g/mol. The quantitative estimate of drug-likeness (QED) is 0.177. The third kappa shape index (κ3) is 12.8. The van der Waals surface area contributed by atoms with Gasteiger partial charge in [0.25, 0.3) is 0 Å². The Bertz CT molecular complexity index is 1250. The van der Waals surface area contributed by atoms with Crippen molar-refractivity contribution < 1.29 is 38.9 Å². The first-order valence-corrected chi connectivity index (χ1v) is 15.3. The van der Waals surface area contributed by atoms with Crippen molar-refractivity contribution in [3.63, 3.8) is 0 Å². The molecule has 0 radical (unpaired) electrons. The van der Waals surface area contributed by atoms with Crippen molar-refractivity contribution in [1.29, 1.82) is 0 Å². The Kier molecular flexibility index (Phi) is 13.8. The first-order chi connectivity index (χ1) is 21.0. The number of aromatic hydroxyl groups is 1. The summed E-state index contributed by atoms with van der Waals surface area (Å²) in [6, 6.07) is 11.1. The zero-order valence-electron chi connectivity index (χ0n) is 27.5. The maximum absolute atomic E-state index is 14.2. The van der Waals surface area contributed by atoms with Gasteiger partial charge >= 0.3 is 12.1 Å². The Morgan fingerprint density at radius 2 is 1.42 bits per heavy atom. The summed E-state index contributed by atoms with van der Waals surface area (Å²) in [6.07, 6.45) is 1.32. The van der Waals surface area contributed by atoms with Gasteiger partial charge < -0.3 is 35.2 Å². The van der Waals surface area contributed by atoms with E-state index in [0.717, 1.165) is 18.4 Å². The Hall–Kier alpha value is -4.12. The summed E-state index contributed by atoms with van der Waals surface area (Å²) in [5.74, 6) is -2.08. The van der Waals surface area contributed by atoms with Gasteiger partial charge in [0, 0.05) is 13.0 Å². The molecule has 0 aliphatic carbocycles. The number of rotatable bonds is 14. The summed E-state index contributed by atoms with van der Waals surface area (Å²) < 4.78 is 10.9. The molecule has 2 aromatic rings. The molecular weight excluding hydrogens is 578 g/mol. The number of aliphatic hydroxyl groups excluding tert-OH is 1. The summed E-state index contributed by atoms with van der Waals surface area (Å²) in [5.41, 5.74) is -0.534. The molecule has 11 nitrogen and oxygen atoms in total. The fraction of sp³-hybridized carbons (Fsp3) is 0.529. The van der Waals surface area contributed by atoms with Gasteiger partial charge in [0.15, 0.2) is 0 Å². The molecule has 3 unspecified atom stereocenters. The molecule has 2 aromatic carbocycles. The first kappa shape index (κ1) is 37.1. The molecule has 11 heteroatoms. The van der Waals surface area contributed by atoms with Crippen LogP contribution in [0.4, 0.5) is 4.79 Å². The van der Waals surface area contributed by atoms with E-state index in [1.807, 2.05) is 37.3 Å². The van der Waals surface area contributed by atoms with E-state index in [2.05, 4.69) is 10.6 Å². The van der Waals surface area contributed by atoms with Crippen LogP contribution in [0.15, 0.2) is 54.6 Å². The first-order valence-electron chi connectivity index (χ1n) is 15.3. The van der Waals surface area contributed by atoms with Crippen LogP contribution in [-0.4, -0.2) is 75.4 Å². The molecule has 4 N–H and O–H groups in total. The maximum atomic E-state index is 14.2. The number of amides is 3. The summed E-state index contributed by atoms with van der Waals surface area (Å²) in [7, 11) is 0. The van der Waals surface area contributed by atoms with Crippen molar-refractivity contribution in [3.05, 3.63) is 65.7 Å². The molecule has 3 atom stereocenters. The van der Waals surface area contributed by atoms with Crippen LogP contribution < -0.4 is 10.6 Å². The van der Waals surface area contributed by atoms with Crippen molar-refractivity contribution >= 4 is 23.9 Å². The van der Waals surface area contributed by atoms with Gasteiger partial charge in [-0.3, -0.25) is 9.59 Å². The fourth-order valence-electron chi connectivity index (χ4n) is 4.53. The molecule has 0 heterocycles. The number of phenols is 1. The van der Waals surface area contributed by atoms with E-state index in [0.29, 0.717) is 12.0 Å². The van der Waals surface area contributed by atoms with E-state index in [1.54, 1.807) is 41.5 Å². The zero-order valence-corrected chi connectivity index (χ0v) is 27.5. The van der Waals surface area contributed by atoms with Crippen LogP contribution in [0.5, 0.6) is 5.75 Å². The Morgan fingerprint density at radius 3 is 1.96 bits per heavy atom. The van der Waals surface area contributed by atoms with E-state index >= 15 is 0 Å². The lowest BCUT2D eigenvalue weighted by molar-refractivity contribution is -0.159. The lowest BCUT2D eigenvalue weighted by Crippen LogP contribution is -2.56. The highest BCUT2D eigenvalue weighted by molar-refractivity contribution is 5.94. The molecule has 0 aliphatic rings. The van der Waals surface area contributed by atoms with Crippen LogP contribution in [-0.2, 0) is 30.3 Å². The second kappa shape index (κ2) is 16.8. The summed E-state index contributed by atoms with van der Waals surface area (Å²) >= 11 is 0. The number of carbonyl (C=O) groups excluding carboxylic acids is 4. The van der Waals surface area contributed by atoms with Crippen LogP contribution in [0.25, 0.3) is 0 Å². The number of alkyl carbamates (subject to hydrolysis) is 1.